The number of nitrogens with one attached hydrogen (secondary N) is 1. The van der Waals surface area contributed by atoms with Gasteiger partial charge in [-0.25, -0.2) is 4.79 Å². The number of nitrogens with zero attached hydrogens (tertiary/aromatic N) is 1. The second-order valence-corrected chi connectivity index (χ2v) is 8.47. The van der Waals surface area contributed by atoms with Crippen LogP contribution in [-0.4, -0.2) is 39.4 Å². The van der Waals surface area contributed by atoms with Crippen LogP contribution in [0.15, 0.2) is 24.3 Å². The molecule has 6 nitrogen and oxygen atoms in total. The summed E-state index contributed by atoms with van der Waals surface area (Å²) in [6.07, 6.45) is -0.163. The number of ether oxygens (including phenoxy) is 1. The molecule has 136 valence electrons. The van der Waals surface area contributed by atoms with Crippen LogP contribution >= 0.6 is 11.8 Å². The largest absolute Gasteiger partial charge is 0.444 e. The summed E-state index contributed by atoms with van der Waals surface area (Å²) in [4.78, 5) is 37.1. The summed E-state index contributed by atoms with van der Waals surface area (Å²) in [6, 6.07) is 7.32. The molecule has 1 unspecified atom stereocenters. The lowest BCUT2D eigenvalue weighted by molar-refractivity contribution is -0.128. The van der Waals surface area contributed by atoms with E-state index < -0.39 is 11.7 Å². The first-order chi connectivity index (χ1) is 11.6. The topological polar surface area (TPSA) is 75.7 Å². The minimum Gasteiger partial charge on any atom is -0.444 e. The van der Waals surface area contributed by atoms with E-state index >= 15 is 0 Å². The fourth-order valence-electron chi connectivity index (χ4n) is 2.60. The first-order valence-electron chi connectivity index (χ1n) is 8.17. The van der Waals surface area contributed by atoms with Gasteiger partial charge < -0.3 is 9.64 Å². The van der Waals surface area contributed by atoms with Crippen molar-refractivity contribution in [1.29, 1.82) is 0 Å². The van der Waals surface area contributed by atoms with E-state index in [4.69, 9.17) is 4.74 Å². The minimum absolute atomic E-state index is 0.00372. The second-order valence-electron chi connectivity index (χ2n) is 6.99. The maximum atomic E-state index is 12.2. The van der Waals surface area contributed by atoms with Crippen molar-refractivity contribution in [3.05, 3.63) is 29.8 Å². The van der Waals surface area contributed by atoms with Crippen molar-refractivity contribution in [2.45, 2.75) is 51.5 Å². The van der Waals surface area contributed by atoms with Gasteiger partial charge in [-0.3, -0.25) is 14.9 Å². The number of hydrogen-bond donors (Lipinski definition) is 1. The standard InChI is InChI=1S/C18H24N2O4S/c1-12(21)25-14-9-16(22)20(11-14)10-13-7-5-6-8-15(13)19-17(23)24-18(2,3)4/h5-8,14H,9-11H2,1-4H3,(H,19,23). The number of amides is 2. The highest BCUT2D eigenvalue weighted by Gasteiger charge is 2.31. The van der Waals surface area contributed by atoms with Crippen molar-refractivity contribution in [2.75, 3.05) is 11.9 Å². The molecular formula is C18H24N2O4S. The smallest absolute Gasteiger partial charge is 0.412 e. The van der Waals surface area contributed by atoms with Crippen molar-refractivity contribution in [2.24, 2.45) is 0 Å². The molecule has 7 heteroatoms. The normalized spacial score (nSPS) is 17.5. The number of rotatable bonds is 4. The quantitative estimate of drug-likeness (QED) is 0.886. The SMILES string of the molecule is CC(=O)SC1CC(=O)N(Cc2ccccc2NC(=O)OC(C)(C)C)C1. The molecule has 0 radical (unpaired) electrons. The molecule has 0 aromatic heterocycles. The molecule has 0 bridgehead atoms. The van der Waals surface area contributed by atoms with E-state index in [-0.39, 0.29) is 16.3 Å². The van der Waals surface area contributed by atoms with Crippen LogP contribution in [0.1, 0.15) is 39.7 Å². The Morgan fingerprint density at radius 3 is 2.64 bits per heavy atom. The Morgan fingerprint density at radius 1 is 1.32 bits per heavy atom. The molecule has 1 N–H and O–H groups in total. The molecule has 2 amide bonds. The Balaban J connectivity index is 2.04. The van der Waals surface area contributed by atoms with Gasteiger partial charge in [0.05, 0.1) is 0 Å². The average Bonchev–Trinajstić information content (AvgIpc) is 2.78. The maximum Gasteiger partial charge on any atom is 0.412 e. The molecular weight excluding hydrogens is 340 g/mol. The monoisotopic (exact) mass is 364 g/mol. The lowest BCUT2D eigenvalue weighted by Crippen LogP contribution is -2.28. The van der Waals surface area contributed by atoms with Crippen molar-refractivity contribution in [3.8, 4) is 0 Å². The lowest BCUT2D eigenvalue weighted by atomic mass is 10.1. The molecule has 1 aliphatic rings. The van der Waals surface area contributed by atoms with Gasteiger partial charge in [0.2, 0.25) is 5.91 Å². The van der Waals surface area contributed by atoms with Crippen LogP contribution in [0.25, 0.3) is 0 Å². The first-order valence-corrected chi connectivity index (χ1v) is 9.05. The zero-order valence-electron chi connectivity index (χ0n) is 15.0. The Bertz CT molecular complexity index is 669. The summed E-state index contributed by atoms with van der Waals surface area (Å²) in [5.74, 6) is 0.0193. The van der Waals surface area contributed by atoms with Crippen LogP contribution in [0.2, 0.25) is 0 Å². The van der Waals surface area contributed by atoms with Crippen molar-refractivity contribution in [1.82, 2.24) is 4.90 Å². The minimum atomic E-state index is -0.582. The third-order valence-corrected chi connectivity index (χ3v) is 4.51. The highest BCUT2D eigenvalue weighted by molar-refractivity contribution is 8.14. The van der Waals surface area contributed by atoms with Crippen LogP contribution in [0.4, 0.5) is 10.5 Å². The zero-order valence-corrected chi connectivity index (χ0v) is 15.8. The molecule has 1 fully saturated rings. The predicted molar refractivity (Wildman–Crippen MR) is 98.4 cm³/mol. The number of hydrogen-bond acceptors (Lipinski definition) is 5. The number of carbonyl (C=O) groups excluding carboxylic acids is 3. The summed E-state index contributed by atoms with van der Waals surface area (Å²) in [6.45, 7) is 7.83. The van der Waals surface area contributed by atoms with Gasteiger partial charge in [0, 0.05) is 37.4 Å². The van der Waals surface area contributed by atoms with E-state index in [2.05, 4.69) is 5.32 Å². The summed E-state index contributed by atoms with van der Waals surface area (Å²) >= 11 is 1.21. The molecule has 1 aliphatic heterocycles. The fraction of sp³-hybridized carbons (Fsp3) is 0.500. The number of para-hydroxylation sites is 1. The molecule has 0 spiro atoms. The molecule has 1 saturated heterocycles. The van der Waals surface area contributed by atoms with Gasteiger partial charge >= 0.3 is 6.09 Å². The van der Waals surface area contributed by atoms with Gasteiger partial charge in [-0.1, -0.05) is 30.0 Å². The van der Waals surface area contributed by atoms with E-state index in [0.717, 1.165) is 5.56 Å². The van der Waals surface area contributed by atoms with Gasteiger partial charge in [-0.05, 0) is 32.4 Å². The zero-order chi connectivity index (χ0) is 18.6. The van der Waals surface area contributed by atoms with Crippen LogP contribution < -0.4 is 5.32 Å². The van der Waals surface area contributed by atoms with Gasteiger partial charge in [-0.2, -0.15) is 0 Å². The molecule has 1 aromatic rings. The number of likely N-dealkylation sites (tertiary alicyclic amines) is 1. The van der Waals surface area contributed by atoms with Crippen LogP contribution in [-0.2, 0) is 20.9 Å². The predicted octanol–water partition coefficient (Wildman–Crippen LogP) is 3.41. The average molecular weight is 364 g/mol. The fourth-order valence-corrected chi connectivity index (χ4v) is 3.55. The number of carbonyl (C=O) groups is 3. The van der Waals surface area contributed by atoms with Crippen LogP contribution in [0.3, 0.4) is 0 Å². The summed E-state index contributed by atoms with van der Waals surface area (Å²) in [7, 11) is 0. The molecule has 0 aliphatic carbocycles. The van der Waals surface area contributed by atoms with E-state index in [9.17, 15) is 14.4 Å². The van der Waals surface area contributed by atoms with Gasteiger partial charge in [0.25, 0.3) is 0 Å². The van der Waals surface area contributed by atoms with Crippen molar-refractivity contribution < 1.29 is 19.1 Å². The number of benzene rings is 1. The number of anilines is 1. The maximum absolute atomic E-state index is 12.2. The molecule has 1 heterocycles. The molecule has 25 heavy (non-hydrogen) atoms. The van der Waals surface area contributed by atoms with Crippen LogP contribution in [0, 0.1) is 0 Å². The Kier molecular flexibility index (Phi) is 6.11. The number of thioether (sulfide) groups is 1. The van der Waals surface area contributed by atoms with Crippen molar-refractivity contribution >= 4 is 34.6 Å². The summed E-state index contributed by atoms with van der Waals surface area (Å²) in [5.41, 5.74) is 0.864. The Labute approximate surface area is 152 Å². The lowest BCUT2D eigenvalue weighted by Gasteiger charge is -2.22. The third kappa shape index (κ3) is 6.08. The second kappa shape index (κ2) is 7.91. The van der Waals surface area contributed by atoms with Crippen LogP contribution in [0.5, 0.6) is 0 Å². The van der Waals surface area contributed by atoms with E-state index in [1.54, 1.807) is 31.7 Å². The summed E-state index contributed by atoms with van der Waals surface area (Å²) < 4.78 is 5.28. The van der Waals surface area contributed by atoms with Gasteiger partial charge in [0.15, 0.2) is 5.12 Å². The third-order valence-electron chi connectivity index (χ3n) is 3.53. The highest BCUT2D eigenvalue weighted by atomic mass is 32.2. The Hall–Kier alpha value is -2.02. The molecule has 1 aromatic carbocycles. The van der Waals surface area contributed by atoms with Crippen molar-refractivity contribution in [3.63, 3.8) is 0 Å². The van der Waals surface area contributed by atoms with Gasteiger partial charge in [-0.15, -0.1) is 0 Å². The van der Waals surface area contributed by atoms with E-state index in [1.807, 2.05) is 18.2 Å². The van der Waals surface area contributed by atoms with E-state index in [1.165, 1.54) is 18.7 Å². The summed E-state index contributed by atoms with van der Waals surface area (Å²) in [5, 5.41) is 2.76. The molecule has 2 rings (SSSR count). The van der Waals surface area contributed by atoms with Gasteiger partial charge in [0.1, 0.15) is 5.60 Å². The first kappa shape index (κ1) is 19.3. The Morgan fingerprint density at radius 2 is 2.00 bits per heavy atom. The van der Waals surface area contributed by atoms with E-state index in [0.29, 0.717) is 25.2 Å². The molecule has 1 atom stereocenters. The highest BCUT2D eigenvalue weighted by Crippen LogP contribution is 2.27. The molecule has 0 saturated carbocycles.